The molecule has 0 heterocycles. The average Bonchev–Trinajstić information content (AvgIpc) is 1.87. The van der Waals surface area contributed by atoms with E-state index in [0.717, 1.165) is 12.8 Å². The SMILES string of the molecule is C=CCCCONC(C)=O. The van der Waals surface area contributed by atoms with E-state index in [4.69, 9.17) is 4.84 Å². The molecule has 0 aromatic rings. The van der Waals surface area contributed by atoms with E-state index in [0.29, 0.717) is 6.61 Å². The van der Waals surface area contributed by atoms with Crippen LogP contribution in [0, 0.1) is 0 Å². The molecular weight excluding hydrogens is 130 g/mol. The third kappa shape index (κ3) is 7.17. The molecule has 0 saturated carbocycles. The highest BCUT2D eigenvalue weighted by Crippen LogP contribution is 1.87. The first kappa shape index (κ1) is 9.17. The van der Waals surface area contributed by atoms with E-state index in [2.05, 4.69) is 12.1 Å². The van der Waals surface area contributed by atoms with E-state index in [9.17, 15) is 4.79 Å². The summed E-state index contributed by atoms with van der Waals surface area (Å²) in [7, 11) is 0. The lowest BCUT2D eigenvalue weighted by Crippen LogP contribution is -2.20. The van der Waals surface area contributed by atoms with E-state index in [-0.39, 0.29) is 5.91 Å². The number of hydroxylamine groups is 1. The Labute approximate surface area is 61.0 Å². The van der Waals surface area contributed by atoms with Crippen molar-refractivity contribution < 1.29 is 9.63 Å². The van der Waals surface area contributed by atoms with Gasteiger partial charge in [-0.2, -0.15) is 0 Å². The number of hydrogen-bond acceptors (Lipinski definition) is 2. The molecule has 0 rings (SSSR count). The van der Waals surface area contributed by atoms with Crippen molar-refractivity contribution in [1.82, 2.24) is 5.48 Å². The van der Waals surface area contributed by atoms with Crippen LogP contribution in [-0.2, 0) is 9.63 Å². The van der Waals surface area contributed by atoms with Gasteiger partial charge in [-0.3, -0.25) is 9.63 Å². The molecule has 0 radical (unpaired) electrons. The Morgan fingerprint density at radius 3 is 3.00 bits per heavy atom. The fourth-order valence-corrected chi connectivity index (χ4v) is 0.453. The number of rotatable bonds is 5. The maximum Gasteiger partial charge on any atom is 0.240 e. The monoisotopic (exact) mass is 143 g/mol. The predicted octanol–water partition coefficient (Wildman–Crippen LogP) is 1.02. The van der Waals surface area contributed by atoms with Gasteiger partial charge in [-0.15, -0.1) is 6.58 Å². The molecule has 0 fully saturated rings. The smallest absolute Gasteiger partial charge is 0.240 e. The number of unbranched alkanes of at least 4 members (excludes halogenated alkanes) is 1. The topological polar surface area (TPSA) is 38.3 Å². The number of hydrogen-bond donors (Lipinski definition) is 1. The van der Waals surface area contributed by atoms with E-state index in [1.54, 1.807) is 0 Å². The highest BCUT2D eigenvalue weighted by Gasteiger charge is 1.88. The first-order valence-electron chi connectivity index (χ1n) is 3.26. The number of allylic oxidation sites excluding steroid dienone is 1. The van der Waals surface area contributed by atoms with Gasteiger partial charge in [-0.1, -0.05) is 6.08 Å². The maximum absolute atomic E-state index is 10.2. The lowest BCUT2D eigenvalue weighted by Gasteiger charge is -2.00. The first-order chi connectivity index (χ1) is 4.77. The van der Waals surface area contributed by atoms with Gasteiger partial charge in [0.1, 0.15) is 0 Å². The predicted molar refractivity (Wildman–Crippen MR) is 39.2 cm³/mol. The fourth-order valence-electron chi connectivity index (χ4n) is 0.453. The van der Waals surface area contributed by atoms with Crippen molar-refractivity contribution in [2.24, 2.45) is 0 Å². The number of amides is 1. The highest BCUT2D eigenvalue weighted by molar-refractivity contribution is 5.71. The molecule has 0 aliphatic heterocycles. The van der Waals surface area contributed by atoms with Crippen molar-refractivity contribution in [2.75, 3.05) is 6.61 Å². The molecule has 0 aliphatic rings. The van der Waals surface area contributed by atoms with Crippen LogP contribution in [0.3, 0.4) is 0 Å². The standard InChI is InChI=1S/C7H13NO2/c1-3-4-5-6-10-8-7(2)9/h3H,1,4-6H2,2H3,(H,8,9). The third-order valence-corrected chi connectivity index (χ3v) is 0.871. The Balaban J connectivity index is 2.90. The quantitative estimate of drug-likeness (QED) is 0.354. The molecule has 0 unspecified atom stereocenters. The van der Waals surface area contributed by atoms with Crippen LogP contribution in [0.2, 0.25) is 0 Å². The number of carbonyl (C=O) groups is 1. The molecule has 0 aromatic heterocycles. The minimum Gasteiger partial charge on any atom is -0.274 e. The van der Waals surface area contributed by atoms with Gasteiger partial charge in [-0.05, 0) is 12.8 Å². The second-order valence-electron chi connectivity index (χ2n) is 1.94. The highest BCUT2D eigenvalue weighted by atomic mass is 16.6. The van der Waals surface area contributed by atoms with Crippen LogP contribution < -0.4 is 5.48 Å². The summed E-state index contributed by atoms with van der Waals surface area (Å²) in [6.07, 6.45) is 3.63. The van der Waals surface area contributed by atoms with Crippen molar-refractivity contribution in [3.8, 4) is 0 Å². The molecule has 0 spiro atoms. The van der Waals surface area contributed by atoms with Crippen LogP contribution >= 0.6 is 0 Å². The molecule has 0 aliphatic carbocycles. The minimum absolute atomic E-state index is 0.168. The lowest BCUT2D eigenvalue weighted by atomic mass is 10.3. The van der Waals surface area contributed by atoms with Gasteiger partial charge < -0.3 is 0 Å². The van der Waals surface area contributed by atoms with Gasteiger partial charge in [0, 0.05) is 6.92 Å². The molecule has 1 amide bonds. The summed E-state index contributed by atoms with van der Waals surface area (Å²) >= 11 is 0. The van der Waals surface area contributed by atoms with Crippen LogP contribution in [0.4, 0.5) is 0 Å². The molecule has 0 aromatic carbocycles. The Kier molecular flexibility index (Phi) is 5.77. The second kappa shape index (κ2) is 6.29. The van der Waals surface area contributed by atoms with Crippen molar-refractivity contribution in [3.63, 3.8) is 0 Å². The van der Waals surface area contributed by atoms with Gasteiger partial charge in [0.2, 0.25) is 5.91 Å². The molecule has 0 bridgehead atoms. The van der Waals surface area contributed by atoms with Crippen LogP contribution in [0.1, 0.15) is 19.8 Å². The van der Waals surface area contributed by atoms with Crippen LogP contribution in [0.5, 0.6) is 0 Å². The molecule has 58 valence electrons. The largest absolute Gasteiger partial charge is 0.274 e. The Hall–Kier alpha value is -0.830. The summed E-state index contributed by atoms with van der Waals surface area (Å²) in [5, 5.41) is 0. The maximum atomic E-state index is 10.2. The molecule has 10 heavy (non-hydrogen) atoms. The van der Waals surface area contributed by atoms with Crippen molar-refractivity contribution in [3.05, 3.63) is 12.7 Å². The molecule has 3 nitrogen and oxygen atoms in total. The van der Waals surface area contributed by atoms with Crippen LogP contribution in [0.25, 0.3) is 0 Å². The van der Waals surface area contributed by atoms with E-state index in [1.807, 2.05) is 6.08 Å². The van der Waals surface area contributed by atoms with Crippen LogP contribution in [-0.4, -0.2) is 12.5 Å². The normalized spacial score (nSPS) is 8.90. The zero-order chi connectivity index (χ0) is 7.82. The molecular formula is C7H13NO2. The summed E-state index contributed by atoms with van der Waals surface area (Å²) in [4.78, 5) is 15.0. The van der Waals surface area contributed by atoms with Gasteiger partial charge in [-0.25, -0.2) is 5.48 Å². The van der Waals surface area contributed by atoms with E-state index in [1.165, 1.54) is 6.92 Å². The zero-order valence-corrected chi connectivity index (χ0v) is 6.22. The molecule has 1 N–H and O–H groups in total. The summed E-state index contributed by atoms with van der Waals surface area (Å²) in [6.45, 7) is 5.51. The summed E-state index contributed by atoms with van der Waals surface area (Å²) in [5.41, 5.74) is 2.23. The summed E-state index contributed by atoms with van der Waals surface area (Å²) < 4.78 is 0. The number of carbonyl (C=O) groups excluding carboxylic acids is 1. The van der Waals surface area contributed by atoms with Gasteiger partial charge in [0.05, 0.1) is 6.61 Å². The second-order valence-corrected chi connectivity index (χ2v) is 1.94. The van der Waals surface area contributed by atoms with E-state index < -0.39 is 0 Å². The summed E-state index contributed by atoms with van der Waals surface area (Å²) in [6, 6.07) is 0. The van der Waals surface area contributed by atoms with Gasteiger partial charge in [0.25, 0.3) is 0 Å². The lowest BCUT2D eigenvalue weighted by molar-refractivity contribution is -0.131. The zero-order valence-electron chi connectivity index (χ0n) is 6.22. The molecule has 0 atom stereocenters. The van der Waals surface area contributed by atoms with Crippen molar-refractivity contribution in [2.45, 2.75) is 19.8 Å². The van der Waals surface area contributed by atoms with Crippen LogP contribution in [0.15, 0.2) is 12.7 Å². The Morgan fingerprint density at radius 1 is 1.80 bits per heavy atom. The first-order valence-corrected chi connectivity index (χ1v) is 3.26. The fraction of sp³-hybridized carbons (Fsp3) is 0.571. The van der Waals surface area contributed by atoms with Gasteiger partial charge >= 0.3 is 0 Å². The van der Waals surface area contributed by atoms with Gasteiger partial charge in [0.15, 0.2) is 0 Å². The third-order valence-electron chi connectivity index (χ3n) is 0.871. The minimum atomic E-state index is -0.168. The van der Waals surface area contributed by atoms with Crippen molar-refractivity contribution in [1.29, 1.82) is 0 Å². The van der Waals surface area contributed by atoms with Crippen molar-refractivity contribution >= 4 is 5.91 Å². The average molecular weight is 143 g/mol. The summed E-state index contributed by atoms with van der Waals surface area (Å²) in [5.74, 6) is -0.168. The number of nitrogens with one attached hydrogen (secondary N) is 1. The van der Waals surface area contributed by atoms with E-state index >= 15 is 0 Å². The Morgan fingerprint density at radius 2 is 2.50 bits per heavy atom. The Bertz CT molecular complexity index is 112. The molecule has 3 heteroatoms. The molecule has 0 saturated heterocycles.